The number of benzene rings is 2. The Kier molecular flexibility index (Phi) is 7.82. The first-order valence-electron chi connectivity index (χ1n) is 13.3. The Morgan fingerprint density at radius 3 is 2.41 bits per heavy atom. The van der Waals surface area contributed by atoms with Crippen LogP contribution in [0.1, 0.15) is 56.9 Å². The maximum absolute atomic E-state index is 13.3. The van der Waals surface area contributed by atoms with Crippen molar-refractivity contribution in [1.82, 2.24) is 14.7 Å². The van der Waals surface area contributed by atoms with E-state index in [-0.39, 0.29) is 29.5 Å². The molecule has 2 amide bonds. The Morgan fingerprint density at radius 2 is 1.72 bits per heavy atom. The molecule has 0 aliphatic carbocycles. The summed E-state index contributed by atoms with van der Waals surface area (Å²) in [6, 6.07) is 14.8. The first-order chi connectivity index (χ1) is 18.6. The molecule has 1 saturated heterocycles. The fourth-order valence-electron chi connectivity index (χ4n) is 5.72. The molecule has 1 aromatic heterocycles. The van der Waals surface area contributed by atoms with Gasteiger partial charge in [-0.3, -0.25) is 14.5 Å². The number of aryl methyl sites for hydroxylation is 1. The Hall–Kier alpha value is -3.17. The van der Waals surface area contributed by atoms with E-state index in [2.05, 4.69) is 41.5 Å². The van der Waals surface area contributed by atoms with Crippen molar-refractivity contribution < 1.29 is 22.8 Å². The van der Waals surface area contributed by atoms with Crippen molar-refractivity contribution in [3.63, 3.8) is 0 Å². The molecule has 0 saturated carbocycles. The summed E-state index contributed by atoms with van der Waals surface area (Å²) in [5.74, 6) is -0.257. The number of hydrogen-bond acceptors (Lipinski definition) is 4. The molecule has 206 valence electrons. The molecule has 0 spiro atoms. The molecule has 2 aromatic carbocycles. The highest BCUT2D eigenvalue weighted by Gasteiger charge is 2.34. The minimum atomic E-state index is -4.44. The maximum Gasteiger partial charge on any atom is 0.416 e. The summed E-state index contributed by atoms with van der Waals surface area (Å²) in [7, 11) is 0. The van der Waals surface area contributed by atoms with Crippen LogP contribution in [0.15, 0.2) is 60.0 Å². The topological polar surface area (TPSA) is 43.9 Å². The lowest BCUT2D eigenvalue weighted by Gasteiger charge is -2.41. The van der Waals surface area contributed by atoms with E-state index in [1.54, 1.807) is 16.2 Å². The van der Waals surface area contributed by atoms with E-state index >= 15 is 0 Å². The standard InChI is InChI=1S/C30H32F3N3O2S/c1-20-5-3-4-6-24(20)28-25-13-18-39-26(25)11-14-34(28)15-12-27(37)35-16-17-36(21(2)19-35)29(38)22-7-9-23(10-8-22)30(31,32)33/h3-10,13,18,21,28H,11-12,14-17,19H2,1-2H3. The van der Waals surface area contributed by atoms with E-state index in [1.165, 1.54) is 33.7 Å². The second kappa shape index (κ2) is 11.1. The zero-order valence-corrected chi connectivity index (χ0v) is 22.9. The molecule has 9 heteroatoms. The lowest BCUT2D eigenvalue weighted by molar-refractivity contribution is -0.137. The normalized spacial score (nSPS) is 20.1. The monoisotopic (exact) mass is 555 g/mol. The van der Waals surface area contributed by atoms with E-state index in [1.807, 2.05) is 17.9 Å². The number of piperazine rings is 1. The molecule has 2 aliphatic rings. The van der Waals surface area contributed by atoms with Crippen molar-refractivity contribution in [2.45, 2.75) is 44.9 Å². The molecule has 2 atom stereocenters. The largest absolute Gasteiger partial charge is 0.416 e. The fraction of sp³-hybridized carbons (Fsp3) is 0.400. The summed E-state index contributed by atoms with van der Waals surface area (Å²) < 4.78 is 38.6. The highest BCUT2D eigenvalue weighted by molar-refractivity contribution is 7.10. The van der Waals surface area contributed by atoms with Crippen LogP contribution in [0.3, 0.4) is 0 Å². The molecule has 5 nitrogen and oxygen atoms in total. The molecule has 2 aliphatic heterocycles. The predicted octanol–water partition coefficient (Wildman–Crippen LogP) is 5.79. The second-order valence-electron chi connectivity index (χ2n) is 10.4. The van der Waals surface area contributed by atoms with Gasteiger partial charge in [0.15, 0.2) is 0 Å². The molecular weight excluding hydrogens is 523 g/mol. The molecule has 2 unspecified atom stereocenters. The third-order valence-corrected chi connectivity index (χ3v) is 8.86. The smallest absolute Gasteiger partial charge is 0.339 e. The zero-order valence-electron chi connectivity index (χ0n) is 22.1. The fourth-order valence-corrected chi connectivity index (χ4v) is 6.62. The van der Waals surface area contributed by atoms with Crippen molar-refractivity contribution in [2.75, 3.05) is 32.7 Å². The van der Waals surface area contributed by atoms with Gasteiger partial charge >= 0.3 is 6.18 Å². The molecule has 0 bridgehead atoms. The van der Waals surface area contributed by atoms with Gasteiger partial charge in [-0.1, -0.05) is 24.3 Å². The predicted molar refractivity (Wildman–Crippen MR) is 146 cm³/mol. The van der Waals surface area contributed by atoms with Gasteiger partial charge in [0.1, 0.15) is 0 Å². The van der Waals surface area contributed by atoms with Gasteiger partial charge < -0.3 is 9.80 Å². The number of carbonyl (C=O) groups excluding carboxylic acids is 2. The van der Waals surface area contributed by atoms with Gasteiger partial charge in [0.25, 0.3) is 5.91 Å². The SMILES string of the molecule is Cc1ccccc1C1c2ccsc2CCN1CCC(=O)N1CCN(C(=O)c2ccc(C(F)(F)F)cc2)C(C)C1. The molecule has 1 fully saturated rings. The Balaban J connectivity index is 1.21. The molecule has 3 heterocycles. The number of carbonyl (C=O) groups is 2. The van der Waals surface area contributed by atoms with Crippen LogP contribution in [-0.2, 0) is 17.4 Å². The number of rotatable bonds is 5. The van der Waals surface area contributed by atoms with Crippen LogP contribution < -0.4 is 0 Å². The van der Waals surface area contributed by atoms with E-state index < -0.39 is 11.7 Å². The Morgan fingerprint density at radius 1 is 0.974 bits per heavy atom. The van der Waals surface area contributed by atoms with Gasteiger partial charge in [0, 0.05) is 55.6 Å². The zero-order chi connectivity index (χ0) is 27.7. The highest BCUT2D eigenvalue weighted by atomic mass is 32.1. The quantitative estimate of drug-likeness (QED) is 0.401. The number of halogens is 3. The average molecular weight is 556 g/mol. The third-order valence-electron chi connectivity index (χ3n) is 7.86. The van der Waals surface area contributed by atoms with Crippen molar-refractivity contribution in [2.24, 2.45) is 0 Å². The van der Waals surface area contributed by atoms with Crippen LogP contribution in [0.25, 0.3) is 0 Å². The van der Waals surface area contributed by atoms with Gasteiger partial charge in [0.05, 0.1) is 11.6 Å². The summed E-state index contributed by atoms with van der Waals surface area (Å²) in [6.07, 6.45) is -3.08. The van der Waals surface area contributed by atoms with E-state index in [0.29, 0.717) is 32.6 Å². The molecular formula is C30H32F3N3O2S. The summed E-state index contributed by atoms with van der Waals surface area (Å²) in [5, 5.41) is 2.15. The first kappa shape index (κ1) is 27.4. The number of alkyl halides is 3. The Labute approximate surface area is 230 Å². The van der Waals surface area contributed by atoms with Crippen LogP contribution in [0, 0.1) is 6.92 Å². The number of thiophene rings is 1. The average Bonchev–Trinajstić information content (AvgIpc) is 3.40. The summed E-state index contributed by atoms with van der Waals surface area (Å²) in [5.41, 5.74) is 3.27. The Bertz CT molecular complexity index is 1340. The van der Waals surface area contributed by atoms with E-state index in [0.717, 1.165) is 25.1 Å². The summed E-state index contributed by atoms with van der Waals surface area (Å²) in [4.78, 5) is 33.5. The van der Waals surface area contributed by atoms with Crippen molar-refractivity contribution in [3.8, 4) is 0 Å². The third kappa shape index (κ3) is 5.75. The first-order valence-corrected chi connectivity index (χ1v) is 14.1. The van der Waals surface area contributed by atoms with Crippen LogP contribution in [0.5, 0.6) is 0 Å². The van der Waals surface area contributed by atoms with Crippen LogP contribution in [0.4, 0.5) is 13.2 Å². The van der Waals surface area contributed by atoms with Gasteiger partial charge in [-0.25, -0.2) is 0 Å². The second-order valence-corrected chi connectivity index (χ2v) is 11.4. The van der Waals surface area contributed by atoms with Crippen molar-refractivity contribution in [1.29, 1.82) is 0 Å². The van der Waals surface area contributed by atoms with Gasteiger partial charge in [0.2, 0.25) is 5.91 Å². The lowest BCUT2D eigenvalue weighted by atomic mass is 9.90. The number of hydrogen-bond donors (Lipinski definition) is 0. The summed E-state index contributed by atoms with van der Waals surface area (Å²) >= 11 is 1.80. The molecule has 39 heavy (non-hydrogen) atoms. The van der Waals surface area contributed by atoms with Gasteiger partial charge in [-0.05, 0) is 72.7 Å². The summed E-state index contributed by atoms with van der Waals surface area (Å²) in [6.45, 7) is 6.70. The minimum Gasteiger partial charge on any atom is -0.339 e. The number of nitrogens with zero attached hydrogens (tertiary/aromatic N) is 3. The van der Waals surface area contributed by atoms with Crippen LogP contribution in [0.2, 0.25) is 0 Å². The number of amides is 2. The molecule has 0 radical (unpaired) electrons. The van der Waals surface area contributed by atoms with Crippen molar-refractivity contribution >= 4 is 23.2 Å². The van der Waals surface area contributed by atoms with Gasteiger partial charge in [-0.2, -0.15) is 13.2 Å². The van der Waals surface area contributed by atoms with E-state index in [9.17, 15) is 22.8 Å². The van der Waals surface area contributed by atoms with E-state index in [4.69, 9.17) is 0 Å². The number of fused-ring (bicyclic) bond motifs is 1. The highest BCUT2D eigenvalue weighted by Crippen LogP contribution is 2.39. The van der Waals surface area contributed by atoms with Crippen LogP contribution in [-0.4, -0.2) is 65.3 Å². The van der Waals surface area contributed by atoms with Gasteiger partial charge in [-0.15, -0.1) is 11.3 Å². The maximum atomic E-state index is 13.3. The lowest BCUT2D eigenvalue weighted by Crippen LogP contribution is -2.55. The molecule has 0 N–H and O–H groups in total. The van der Waals surface area contributed by atoms with Crippen molar-refractivity contribution in [3.05, 3.63) is 92.7 Å². The molecule has 5 rings (SSSR count). The van der Waals surface area contributed by atoms with Crippen LogP contribution >= 0.6 is 11.3 Å². The minimum absolute atomic E-state index is 0.0585. The molecule has 3 aromatic rings.